The Morgan fingerprint density at radius 3 is 2.37 bits per heavy atom. The zero-order valence-electron chi connectivity index (χ0n) is 23.9. The van der Waals surface area contributed by atoms with Crippen LogP contribution in [-0.2, 0) is 11.8 Å². The number of aryl methyl sites for hydroxylation is 1. The first-order chi connectivity index (χ1) is 20.4. The Morgan fingerprint density at radius 2 is 1.72 bits per heavy atom. The van der Waals surface area contributed by atoms with Gasteiger partial charge in [0, 0.05) is 50.8 Å². The van der Waals surface area contributed by atoms with Gasteiger partial charge in [0.2, 0.25) is 5.91 Å². The first kappa shape index (κ1) is 29.8. The molecule has 2 aromatic heterocycles. The van der Waals surface area contributed by atoms with Crippen LogP contribution in [0, 0.1) is 5.92 Å². The van der Waals surface area contributed by atoms with Crippen molar-refractivity contribution in [1.82, 2.24) is 35.1 Å². The summed E-state index contributed by atoms with van der Waals surface area (Å²) in [6.07, 6.45) is -1.99. The summed E-state index contributed by atoms with van der Waals surface area (Å²) < 4.78 is 7.24. The number of hydrogen-bond donors (Lipinski definition) is 6. The molecule has 3 amide bonds. The van der Waals surface area contributed by atoms with E-state index in [9.17, 15) is 29.7 Å². The van der Waals surface area contributed by atoms with E-state index in [-0.39, 0.29) is 29.2 Å². The molecule has 1 saturated heterocycles. The Kier molecular flexibility index (Phi) is 8.27. The van der Waals surface area contributed by atoms with Crippen molar-refractivity contribution in [3.63, 3.8) is 0 Å². The maximum atomic E-state index is 13.3. The lowest BCUT2D eigenvalue weighted by Crippen LogP contribution is -2.48. The van der Waals surface area contributed by atoms with Gasteiger partial charge in [-0.3, -0.25) is 24.4 Å². The second kappa shape index (κ2) is 11.9. The number of nitrogens with zero attached hydrogens (tertiary/aromatic N) is 6. The molecule has 2 fully saturated rings. The van der Waals surface area contributed by atoms with Crippen LogP contribution in [0.2, 0.25) is 0 Å². The van der Waals surface area contributed by atoms with Crippen molar-refractivity contribution in [2.24, 2.45) is 13.0 Å². The second-order valence-corrected chi connectivity index (χ2v) is 10.5. The van der Waals surface area contributed by atoms with Crippen LogP contribution in [0.3, 0.4) is 0 Å². The average molecular weight is 596 g/mol. The van der Waals surface area contributed by atoms with Gasteiger partial charge in [-0.15, -0.1) is 10.2 Å². The van der Waals surface area contributed by atoms with Crippen molar-refractivity contribution in [2.75, 3.05) is 51.0 Å². The highest BCUT2D eigenvalue weighted by molar-refractivity contribution is 6.00. The molecule has 0 atom stereocenters. The predicted octanol–water partition coefficient (Wildman–Crippen LogP) is -0.317. The molecule has 5 rings (SSSR count). The normalized spacial score (nSPS) is 15.6. The summed E-state index contributed by atoms with van der Waals surface area (Å²) in [6, 6.07) is 8.15. The van der Waals surface area contributed by atoms with Crippen LogP contribution in [0.4, 0.5) is 17.2 Å². The average Bonchev–Trinajstić information content (AvgIpc) is 3.74. The topological polar surface area (TPSA) is 207 Å². The summed E-state index contributed by atoms with van der Waals surface area (Å²) >= 11 is 0. The maximum Gasteiger partial charge on any atom is 0.369 e. The second-order valence-electron chi connectivity index (χ2n) is 10.5. The Bertz CT molecular complexity index is 1540. The van der Waals surface area contributed by atoms with Gasteiger partial charge in [-0.25, -0.2) is 0 Å². The molecule has 0 unspecified atom stereocenters. The Labute approximate surface area is 246 Å². The Morgan fingerprint density at radius 1 is 1.00 bits per heavy atom. The lowest BCUT2D eigenvalue weighted by molar-refractivity contribution is -0.323. The molecule has 228 valence electrons. The minimum atomic E-state index is -3.51. The van der Waals surface area contributed by atoms with Gasteiger partial charge in [-0.2, -0.15) is 5.10 Å². The molecule has 1 aliphatic carbocycles. The number of amides is 3. The monoisotopic (exact) mass is 595 g/mol. The third-order valence-electron chi connectivity index (χ3n) is 7.14. The van der Waals surface area contributed by atoms with E-state index in [0.717, 1.165) is 25.9 Å². The van der Waals surface area contributed by atoms with Crippen molar-refractivity contribution in [1.29, 1.82) is 0 Å². The minimum Gasteiger partial charge on any atom is -0.494 e. The highest BCUT2D eigenvalue weighted by atomic mass is 16.7. The van der Waals surface area contributed by atoms with Gasteiger partial charge in [0.05, 0.1) is 24.2 Å². The van der Waals surface area contributed by atoms with Crippen LogP contribution in [0.25, 0.3) is 11.3 Å². The third kappa shape index (κ3) is 6.89. The van der Waals surface area contributed by atoms with Gasteiger partial charge in [-0.05, 0) is 38.1 Å². The molecule has 16 heteroatoms. The van der Waals surface area contributed by atoms with Gasteiger partial charge >= 0.3 is 6.10 Å². The molecular formula is C27H33N9O7. The number of piperazine rings is 1. The van der Waals surface area contributed by atoms with Crippen LogP contribution >= 0.6 is 0 Å². The van der Waals surface area contributed by atoms with Gasteiger partial charge in [0.25, 0.3) is 11.8 Å². The molecule has 43 heavy (non-hydrogen) atoms. The van der Waals surface area contributed by atoms with Crippen LogP contribution < -0.4 is 20.7 Å². The number of rotatable bonds is 9. The number of ether oxygens (including phenoxy) is 1. The highest BCUT2D eigenvalue weighted by Crippen LogP contribution is 2.38. The van der Waals surface area contributed by atoms with Gasteiger partial charge in [0.15, 0.2) is 17.3 Å². The first-order valence-electron chi connectivity index (χ1n) is 13.6. The summed E-state index contributed by atoms with van der Waals surface area (Å²) in [5.41, 5.74) is 1.35. The third-order valence-corrected chi connectivity index (χ3v) is 7.14. The van der Waals surface area contributed by atoms with Crippen molar-refractivity contribution < 1.29 is 34.4 Å². The summed E-state index contributed by atoms with van der Waals surface area (Å²) in [4.78, 5) is 42.2. The fourth-order valence-corrected chi connectivity index (χ4v) is 4.67. The van der Waals surface area contributed by atoms with E-state index in [1.807, 2.05) is 7.05 Å². The summed E-state index contributed by atoms with van der Waals surface area (Å²) in [6.45, 7) is 2.79. The van der Waals surface area contributed by atoms with Crippen LogP contribution in [-0.4, -0.2) is 109 Å². The smallest absolute Gasteiger partial charge is 0.369 e. The number of aliphatic hydroxyl groups is 3. The van der Waals surface area contributed by atoms with E-state index in [1.165, 1.54) is 17.9 Å². The molecule has 1 aromatic carbocycles. The van der Waals surface area contributed by atoms with Crippen molar-refractivity contribution in [3.05, 3.63) is 41.7 Å². The van der Waals surface area contributed by atoms with E-state index in [2.05, 4.69) is 30.8 Å². The van der Waals surface area contributed by atoms with Crippen molar-refractivity contribution in [2.45, 2.75) is 18.9 Å². The lowest BCUT2D eigenvalue weighted by Gasteiger charge is -2.32. The van der Waals surface area contributed by atoms with E-state index in [4.69, 9.17) is 4.74 Å². The van der Waals surface area contributed by atoms with Crippen molar-refractivity contribution in [3.8, 4) is 17.0 Å². The summed E-state index contributed by atoms with van der Waals surface area (Å²) in [5.74, 6) is -1.31. The Balaban J connectivity index is 1.47. The molecule has 6 N–H and O–H groups in total. The molecule has 16 nitrogen and oxygen atoms in total. The van der Waals surface area contributed by atoms with E-state index < -0.39 is 17.7 Å². The van der Waals surface area contributed by atoms with Gasteiger partial charge in [-0.1, -0.05) is 6.07 Å². The number of carbonyl (C=O) groups is 3. The molecular weight excluding hydrogens is 562 g/mol. The number of hydrogen-bond acceptors (Lipinski definition) is 12. The number of anilines is 3. The van der Waals surface area contributed by atoms with E-state index >= 15 is 0 Å². The quantitative estimate of drug-likeness (QED) is 0.176. The Hall–Kier alpha value is -4.64. The molecule has 0 radical (unpaired) electrons. The molecule has 3 heterocycles. The largest absolute Gasteiger partial charge is 0.494 e. The molecule has 0 bridgehead atoms. The van der Waals surface area contributed by atoms with Gasteiger partial charge in [0.1, 0.15) is 5.69 Å². The number of methoxy groups -OCH3 is 1. The zero-order valence-corrected chi connectivity index (χ0v) is 23.9. The van der Waals surface area contributed by atoms with Crippen LogP contribution in [0.15, 0.2) is 30.3 Å². The fraction of sp³-hybridized carbons (Fsp3) is 0.407. The zero-order chi connectivity index (χ0) is 30.9. The number of likely N-dealkylation sites (N-methyl/N-ethyl adjacent to an activating group) is 1. The fourth-order valence-electron chi connectivity index (χ4n) is 4.67. The number of aromatic nitrogens is 4. The minimum absolute atomic E-state index is 0.00486. The highest BCUT2D eigenvalue weighted by Gasteiger charge is 2.31. The van der Waals surface area contributed by atoms with Crippen LogP contribution in [0.5, 0.6) is 5.75 Å². The number of carbonyl (C=O) groups excluding carboxylic acids is 3. The standard InChI is InChI=1S/C27H33N9O7/c1-34-9-11-36(12-10-34)26(39)20-13-18(33-35(20)2)16-5-4-6-17(23(16)43-3)28-19-14-21(29-24(37)15-7-8-15)31-32-22(19)25(38)30-27(40,41)42/h4-6,13-15,40-42H,7-12H2,1-3H3,(H,30,38)(H2,28,29,31,37). The summed E-state index contributed by atoms with van der Waals surface area (Å²) in [5, 5.41) is 47.3. The predicted molar refractivity (Wildman–Crippen MR) is 152 cm³/mol. The first-order valence-corrected chi connectivity index (χ1v) is 13.6. The number of benzene rings is 1. The molecule has 0 spiro atoms. The van der Waals surface area contributed by atoms with Crippen LogP contribution in [0.1, 0.15) is 33.8 Å². The van der Waals surface area contributed by atoms with E-state index in [0.29, 0.717) is 41.5 Å². The molecule has 1 saturated carbocycles. The van der Waals surface area contributed by atoms with E-state index in [1.54, 1.807) is 41.5 Å². The summed E-state index contributed by atoms with van der Waals surface area (Å²) in [7, 11) is 5.15. The number of para-hydroxylation sites is 1. The molecule has 3 aromatic rings. The maximum absolute atomic E-state index is 13.3. The molecule has 2 aliphatic rings. The SMILES string of the molecule is COc1c(Nc2cc(NC(=O)C3CC3)nnc2C(=O)NC(O)(O)O)cccc1-c1cc(C(=O)N2CCN(C)CC2)n(C)n1. The molecule has 1 aliphatic heterocycles. The number of nitrogens with one attached hydrogen (secondary N) is 3. The van der Waals surface area contributed by atoms with Crippen molar-refractivity contribution >= 4 is 34.9 Å². The van der Waals surface area contributed by atoms with Gasteiger partial charge < -0.3 is 40.5 Å². The lowest BCUT2D eigenvalue weighted by atomic mass is 10.1.